The van der Waals surface area contributed by atoms with Crippen molar-refractivity contribution < 1.29 is 44.3 Å². The molecule has 4 rings (SSSR count). The van der Waals surface area contributed by atoms with Gasteiger partial charge >= 0.3 is 6.11 Å². The van der Waals surface area contributed by atoms with Gasteiger partial charge in [-0.15, -0.1) is 0 Å². The fourth-order valence-electron chi connectivity index (χ4n) is 5.02. The summed E-state index contributed by atoms with van der Waals surface area (Å²) in [7, 11) is 0. The molecule has 0 N–H and O–H groups in total. The Morgan fingerprint density at radius 3 is 1.82 bits per heavy atom. The summed E-state index contributed by atoms with van der Waals surface area (Å²) < 4.78 is 132. The first-order valence-corrected chi connectivity index (χ1v) is 12.1. The fraction of sp³-hybridized carbons (Fsp3) is 0.357. The minimum absolute atomic E-state index is 0.0989. The highest BCUT2D eigenvalue weighted by Crippen LogP contribution is 2.43. The lowest BCUT2D eigenvalue weighted by molar-refractivity contribution is -0.189. The highest BCUT2D eigenvalue weighted by Gasteiger charge is 2.42. The average Bonchev–Trinajstić information content (AvgIpc) is 2.85. The molecule has 0 aliphatic heterocycles. The smallest absolute Gasteiger partial charge is 0.429 e. The van der Waals surface area contributed by atoms with E-state index in [1.54, 1.807) is 12.1 Å². The van der Waals surface area contributed by atoms with E-state index in [2.05, 4.69) is 4.74 Å². The van der Waals surface area contributed by atoms with Gasteiger partial charge in [0.05, 0.1) is 0 Å². The van der Waals surface area contributed by atoms with Crippen molar-refractivity contribution >= 4 is 0 Å². The number of hydrogen-bond acceptors (Lipinski definition) is 1. The van der Waals surface area contributed by atoms with Crippen LogP contribution in [-0.4, -0.2) is 0 Å². The van der Waals surface area contributed by atoms with E-state index in [1.165, 1.54) is 0 Å². The molecule has 1 fully saturated rings. The van der Waals surface area contributed by atoms with Crippen molar-refractivity contribution in [3.8, 4) is 5.75 Å². The van der Waals surface area contributed by atoms with Crippen molar-refractivity contribution in [3.05, 3.63) is 99.4 Å². The number of halogens is 9. The molecule has 1 nitrogen and oxygen atoms in total. The second-order valence-corrected chi connectivity index (χ2v) is 9.42. The maximum Gasteiger partial charge on any atom is 0.432 e. The van der Waals surface area contributed by atoms with E-state index in [0.29, 0.717) is 44.1 Å². The summed E-state index contributed by atoms with van der Waals surface area (Å²) in [5, 5.41) is 0. The maximum absolute atomic E-state index is 14.7. The summed E-state index contributed by atoms with van der Waals surface area (Å²) in [5.41, 5.74) is -1.14. The minimum atomic E-state index is -4.67. The molecule has 3 aromatic rings. The Hall–Kier alpha value is -3.17. The fourth-order valence-corrected chi connectivity index (χ4v) is 5.02. The summed E-state index contributed by atoms with van der Waals surface area (Å²) in [4.78, 5) is 0. The molecule has 1 aliphatic rings. The van der Waals surface area contributed by atoms with Crippen LogP contribution in [0.3, 0.4) is 0 Å². The third-order valence-corrected chi connectivity index (χ3v) is 6.91. The minimum Gasteiger partial charge on any atom is -0.429 e. The van der Waals surface area contributed by atoms with Gasteiger partial charge in [-0.25, -0.2) is 30.7 Å². The lowest BCUT2D eigenvalue weighted by Gasteiger charge is -2.30. The number of aryl methyl sites for hydroxylation is 1. The van der Waals surface area contributed by atoms with Crippen LogP contribution in [0, 0.1) is 40.7 Å². The van der Waals surface area contributed by atoms with Gasteiger partial charge in [0.1, 0.15) is 22.9 Å². The van der Waals surface area contributed by atoms with Crippen molar-refractivity contribution in [1.82, 2.24) is 0 Å². The summed E-state index contributed by atoms with van der Waals surface area (Å²) >= 11 is 0. The van der Waals surface area contributed by atoms with E-state index >= 15 is 0 Å². The summed E-state index contributed by atoms with van der Waals surface area (Å²) in [6.45, 7) is 1.85. The van der Waals surface area contributed by atoms with Gasteiger partial charge in [-0.05, 0) is 72.8 Å². The first-order chi connectivity index (χ1) is 17.9. The molecule has 0 unspecified atom stereocenters. The Bertz CT molecular complexity index is 1280. The predicted molar refractivity (Wildman–Crippen MR) is 121 cm³/mol. The van der Waals surface area contributed by atoms with Crippen LogP contribution in [0.25, 0.3) is 0 Å². The SMILES string of the molecule is CCCc1ccc(C2CCC(c3cc(F)c(C(F)(F)Oc4cc(F)c(F)c(F)c4)c(F)c3)CC2)c(F)c1F. The number of hydrogen-bond donors (Lipinski definition) is 0. The van der Waals surface area contributed by atoms with E-state index in [1.807, 2.05) is 6.92 Å². The van der Waals surface area contributed by atoms with Crippen LogP contribution in [0.5, 0.6) is 5.75 Å². The monoisotopic (exact) mass is 546 g/mol. The molecule has 204 valence electrons. The Balaban J connectivity index is 1.50. The molecule has 10 heteroatoms. The zero-order valence-corrected chi connectivity index (χ0v) is 20.2. The molecular formula is C28H23F9O. The van der Waals surface area contributed by atoms with Gasteiger partial charge in [-0.3, -0.25) is 0 Å². The van der Waals surface area contributed by atoms with Gasteiger partial charge in [0, 0.05) is 12.1 Å². The summed E-state index contributed by atoms with van der Waals surface area (Å²) in [5.74, 6) is -12.5. The first kappa shape index (κ1) is 27.9. The lowest BCUT2D eigenvalue weighted by atomic mass is 9.75. The van der Waals surface area contributed by atoms with Crippen molar-refractivity contribution in [2.24, 2.45) is 0 Å². The predicted octanol–water partition coefficient (Wildman–Crippen LogP) is 9.18. The zero-order chi connectivity index (χ0) is 27.8. The van der Waals surface area contributed by atoms with E-state index < -0.39 is 64.1 Å². The number of alkyl halides is 2. The lowest BCUT2D eigenvalue weighted by Crippen LogP contribution is -2.26. The standard InChI is InChI=1S/C28H23F9O/c1-2-3-16-8-9-19(26(34)25(16)33)15-6-4-14(5-7-15)17-10-20(29)24(21(30)11-17)28(36,37)38-18-12-22(31)27(35)23(32)13-18/h8-15H,2-7H2,1H3. The van der Waals surface area contributed by atoms with Gasteiger partial charge in [-0.2, -0.15) is 8.78 Å². The van der Waals surface area contributed by atoms with Crippen molar-refractivity contribution in [1.29, 1.82) is 0 Å². The second kappa shape index (κ2) is 10.9. The zero-order valence-electron chi connectivity index (χ0n) is 20.2. The van der Waals surface area contributed by atoms with Crippen LogP contribution < -0.4 is 4.74 Å². The first-order valence-electron chi connectivity index (χ1n) is 12.1. The topological polar surface area (TPSA) is 9.23 Å². The molecule has 0 bridgehead atoms. The number of benzene rings is 3. The third kappa shape index (κ3) is 5.49. The Morgan fingerprint density at radius 1 is 0.711 bits per heavy atom. The van der Waals surface area contributed by atoms with E-state index in [0.717, 1.165) is 12.1 Å². The largest absolute Gasteiger partial charge is 0.432 e. The molecule has 0 saturated heterocycles. The van der Waals surface area contributed by atoms with Crippen molar-refractivity contribution in [3.63, 3.8) is 0 Å². The van der Waals surface area contributed by atoms with Gasteiger partial charge in [0.25, 0.3) is 0 Å². The molecular weight excluding hydrogens is 523 g/mol. The average molecular weight is 546 g/mol. The Labute approximate surface area is 213 Å². The van der Waals surface area contributed by atoms with Crippen LogP contribution in [0.15, 0.2) is 36.4 Å². The molecule has 0 heterocycles. The highest BCUT2D eigenvalue weighted by molar-refractivity contribution is 5.34. The Morgan fingerprint density at radius 2 is 1.26 bits per heavy atom. The van der Waals surface area contributed by atoms with Crippen LogP contribution >= 0.6 is 0 Å². The molecule has 0 radical (unpaired) electrons. The van der Waals surface area contributed by atoms with Gasteiger partial charge in [0.15, 0.2) is 29.1 Å². The molecule has 38 heavy (non-hydrogen) atoms. The van der Waals surface area contributed by atoms with Gasteiger partial charge in [0.2, 0.25) is 0 Å². The molecule has 0 spiro atoms. The molecule has 0 aromatic heterocycles. The van der Waals surface area contributed by atoms with Crippen molar-refractivity contribution in [2.45, 2.75) is 63.4 Å². The normalized spacial score (nSPS) is 18.1. The Kier molecular flexibility index (Phi) is 7.99. The summed E-state index contributed by atoms with van der Waals surface area (Å²) in [6.07, 6.45) is -2.13. The van der Waals surface area contributed by atoms with E-state index in [4.69, 9.17) is 0 Å². The molecule has 0 atom stereocenters. The van der Waals surface area contributed by atoms with E-state index in [9.17, 15) is 39.5 Å². The van der Waals surface area contributed by atoms with Crippen LogP contribution in [0.1, 0.15) is 73.1 Å². The second-order valence-electron chi connectivity index (χ2n) is 9.42. The third-order valence-electron chi connectivity index (χ3n) is 6.91. The maximum atomic E-state index is 14.7. The molecule has 0 amide bonds. The number of ether oxygens (including phenoxy) is 1. The van der Waals surface area contributed by atoms with Crippen molar-refractivity contribution in [2.75, 3.05) is 0 Å². The van der Waals surface area contributed by atoms with Gasteiger partial charge < -0.3 is 4.74 Å². The molecule has 1 saturated carbocycles. The molecule has 3 aromatic carbocycles. The highest BCUT2D eigenvalue weighted by atomic mass is 19.3. The molecule has 1 aliphatic carbocycles. The van der Waals surface area contributed by atoms with Crippen LogP contribution in [0.4, 0.5) is 39.5 Å². The van der Waals surface area contributed by atoms with E-state index in [-0.39, 0.29) is 29.2 Å². The van der Waals surface area contributed by atoms with Crippen LogP contribution in [-0.2, 0) is 12.5 Å². The van der Waals surface area contributed by atoms with Crippen LogP contribution in [0.2, 0.25) is 0 Å². The number of rotatable bonds is 7. The summed E-state index contributed by atoms with van der Waals surface area (Å²) in [6, 6.07) is 4.83. The van der Waals surface area contributed by atoms with Gasteiger partial charge in [-0.1, -0.05) is 25.5 Å². The quantitative estimate of drug-likeness (QED) is 0.212.